The van der Waals surface area contributed by atoms with Gasteiger partial charge in [0.15, 0.2) is 0 Å². The Balaban J connectivity index is 2.34. The Labute approximate surface area is 101 Å². The summed E-state index contributed by atoms with van der Waals surface area (Å²) in [6.45, 7) is 4.20. The fraction of sp³-hybridized carbons (Fsp3) is 0.462. The molecule has 2 rings (SSSR count). The van der Waals surface area contributed by atoms with Crippen molar-refractivity contribution in [3.8, 4) is 5.75 Å². The highest BCUT2D eigenvalue weighted by molar-refractivity contribution is 5.85. The van der Waals surface area contributed by atoms with Gasteiger partial charge in [-0.1, -0.05) is 0 Å². The SMILES string of the molecule is CCOC(=O)C1c2cc(OC)ccc2NC1C. The van der Waals surface area contributed by atoms with Gasteiger partial charge in [-0.15, -0.1) is 0 Å². The maximum Gasteiger partial charge on any atom is 0.315 e. The number of anilines is 1. The molecule has 92 valence electrons. The standard InChI is InChI=1S/C13H17NO3/c1-4-17-13(15)12-8(2)14-11-6-5-9(16-3)7-10(11)12/h5-8,12,14H,4H2,1-3H3. The van der Waals surface area contributed by atoms with Crippen molar-refractivity contribution in [1.29, 1.82) is 0 Å². The second-order valence-corrected chi connectivity index (χ2v) is 4.12. The lowest BCUT2D eigenvalue weighted by atomic mass is 9.96. The predicted molar refractivity (Wildman–Crippen MR) is 65.5 cm³/mol. The second-order valence-electron chi connectivity index (χ2n) is 4.12. The molecule has 0 radical (unpaired) electrons. The molecule has 1 aromatic carbocycles. The molecule has 1 N–H and O–H groups in total. The summed E-state index contributed by atoms with van der Waals surface area (Å²) in [5, 5.41) is 3.28. The molecular weight excluding hydrogens is 218 g/mol. The van der Waals surface area contributed by atoms with Crippen molar-refractivity contribution in [2.24, 2.45) is 0 Å². The van der Waals surface area contributed by atoms with E-state index in [2.05, 4.69) is 5.32 Å². The number of ether oxygens (including phenoxy) is 2. The molecule has 4 nitrogen and oxygen atoms in total. The summed E-state index contributed by atoms with van der Waals surface area (Å²) >= 11 is 0. The molecule has 0 fully saturated rings. The average molecular weight is 235 g/mol. The Morgan fingerprint density at radius 1 is 1.47 bits per heavy atom. The lowest BCUT2D eigenvalue weighted by Crippen LogP contribution is -2.25. The van der Waals surface area contributed by atoms with Gasteiger partial charge >= 0.3 is 5.97 Å². The summed E-state index contributed by atoms with van der Waals surface area (Å²) in [5.41, 5.74) is 1.94. The molecule has 1 aromatic rings. The lowest BCUT2D eigenvalue weighted by molar-refractivity contribution is -0.145. The third kappa shape index (κ3) is 2.07. The molecule has 2 atom stereocenters. The van der Waals surface area contributed by atoms with E-state index in [1.165, 1.54) is 0 Å². The van der Waals surface area contributed by atoms with Crippen LogP contribution in [0.25, 0.3) is 0 Å². The summed E-state index contributed by atoms with van der Waals surface area (Å²) < 4.78 is 10.3. The minimum absolute atomic E-state index is 0.0520. The van der Waals surface area contributed by atoms with Gasteiger partial charge in [0.2, 0.25) is 0 Å². The third-order valence-corrected chi connectivity index (χ3v) is 3.02. The van der Waals surface area contributed by atoms with Crippen molar-refractivity contribution in [3.05, 3.63) is 23.8 Å². The Morgan fingerprint density at radius 2 is 2.24 bits per heavy atom. The van der Waals surface area contributed by atoms with Crippen molar-refractivity contribution in [1.82, 2.24) is 0 Å². The first-order valence-corrected chi connectivity index (χ1v) is 5.78. The summed E-state index contributed by atoms with van der Waals surface area (Å²) in [6.07, 6.45) is 0. The van der Waals surface area contributed by atoms with E-state index in [1.807, 2.05) is 32.0 Å². The van der Waals surface area contributed by atoms with Crippen LogP contribution < -0.4 is 10.1 Å². The molecule has 0 amide bonds. The lowest BCUT2D eigenvalue weighted by Gasteiger charge is -2.14. The van der Waals surface area contributed by atoms with E-state index in [1.54, 1.807) is 7.11 Å². The van der Waals surface area contributed by atoms with Crippen LogP contribution in [0.3, 0.4) is 0 Å². The van der Waals surface area contributed by atoms with Crippen molar-refractivity contribution >= 4 is 11.7 Å². The first-order chi connectivity index (χ1) is 8.17. The predicted octanol–water partition coefficient (Wildman–Crippen LogP) is 2.16. The van der Waals surface area contributed by atoms with E-state index >= 15 is 0 Å². The van der Waals surface area contributed by atoms with Crippen LogP contribution in [-0.2, 0) is 9.53 Å². The molecule has 17 heavy (non-hydrogen) atoms. The number of methoxy groups -OCH3 is 1. The van der Waals surface area contributed by atoms with E-state index in [0.29, 0.717) is 6.61 Å². The topological polar surface area (TPSA) is 47.6 Å². The van der Waals surface area contributed by atoms with Crippen LogP contribution in [0, 0.1) is 0 Å². The monoisotopic (exact) mass is 235 g/mol. The summed E-state index contributed by atoms with van der Waals surface area (Å²) in [7, 11) is 1.62. The Kier molecular flexibility index (Phi) is 3.22. The smallest absolute Gasteiger partial charge is 0.315 e. The molecular formula is C13H17NO3. The van der Waals surface area contributed by atoms with Gasteiger partial charge in [0.05, 0.1) is 13.7 Å². The molecule has 4 heteroatoms. The molecule has 0 aliphatic carbocycles. The van der Waals surface area contributed by atoms with Gasteiger partial charge in [0.25, 0.3) is 0 Å². The maximum atomic E-state index is 11.9. The highest BCUT2D eigenvalue weighted by Gasteiger charge is 2.36. The van der Waals surface area contributed by atoms with Crippen molar-refractivity contribution in [2.75, 3.05) is 19.0 Å². The first kappa shape index (κ1) is 11.8. The van der Waals surface area contributed by atoms with Gasteiger partial charge in [-0.05, 0) is 37.6 Å². The molecule has 1 aliphatic rings. The van der Waals surface area contributed by atoms with Crippen LogP contribution in [0.4, 0.5) is 5.69 Å². The van der Waals surface area contributed by atoms with Gasteiger partial charge in [-0.2, -0.15) is 0 Å². The van der Waals surface area contributed by atoms with Crippen LogP contribution in [0.15, 0.2) is 18.2 Å². The molecule has 0 saturated carbocycles. The van der Waals surface area contributed by atoms with Gasteiger partial charge in [0.1, 0.15) is 11.7 Å². The molecule has 1 aliphatic heterocycles. The molecule has 1 heterocycles. The van der Waals surface area contributed by atoms with E-state index in [4.69, 9.17) is 9.47 Å². The minimum atomic E-state index is -0.250. The van der Waals surface area contributed by atoms with Gasteiger partial charge < -0.3 is 14.8 Å². The normalized spacial score (nSPS) is 21.6. The zero-order valence-corrected chi connectivity index (χ0v) is 10.3. The average Bonchev–Trinajstić information content (AvgIpc) is 2.64. The fourth-order valence-corrected chi connectivity index (χ4v) is 2.22. The molecule has 2 unspecified atom stereocenters. The highest BCUT2D eigenvalue weighted by Crippen LogP contribution is 2.38. The van der Waals surface area contributed by atoms with E-state index in [0.717, 1.165) is 17.0 Å². The molecule has 0 bridgehead atoms. The largest absolute Gasteiger partial charge is 0.497 e. The van der Waals surface area contributed by atoms with E-state index < -0.39 is 0 Å². The van der Waals surface area contributed by atoms with Gasteiger partial charge in [0, 0.05) is 11.7 Å². The Morgan fingerprint density at radius 3 is 2.88 bits per heavy atom. The maximum absolute atomic E-state index is 11.9. The van der Waals surface area contributed by atoms with Crippen LogP contribution in [0.2, 0.25) is 0 Å². The number of rotatable bonds is 3. The molecule has 0 aromatic heterocycles. The van der Waals surface area contributed by atoms with Crippen LogP contribution in [0.5, 0.6) is 5.75 Å². The number of benzene rings is 1. The number of nitrogens with one attached hydrogen (secondary N) is 1. The number of fused-ring (bicyclic) bond motifs is 1. The number of hydrogen-bond donors (Lipinski definition) is 1. The zero-order valence-electron chi connectivity index (χ0n) is 10.3. The summed E-state index contributed by atoms with van der Waals surface area (Å²) in [4.78, 5) is 11.9. The number of carbonyl (C=O) groups excluding carboxylic acids is 1. The summed E-state index contributed by atoms with van der Waals surface area (Å²) in [5.74, 6) is 0.327. The van der Waals surface area contributed by atoms with Crippen molar-refractivity contribution in [2.45, 2.75) is 25.8 Å². The van der Waals surface area contributed by atoms with Crippen molar-refractivity contribution < 1.29 is 14.3 Å². The van der Waals surface area contributed by atoms with Crippen LogP contribution in [-0.4, -0.2) is 25.7 Å². The minimum Gasteiger partial charge on any atom is -0.497 e. The van der Waals surface area contributed by atoms with E-state index in [9.17, 15) is 4.79 Å². The van der Waals surface area contributed by atoms with Crippen LogP contribution in [0.1, 0.15) is 25.3 Å². The number of hydrogen-bond acceptors (Lipinski definition) is 4. The summed E-state index contributed by atoms with van der Waals surface area (Å²) in [6, 6.07) is 5.76. The van der Waals surface area contributed by atoms with Gasteiger partial charge in [-0.3, -0.25) is 4.79 Å². The Bertz CT molecular complexity index is 431. The Hall–Kier alpha value is -1.71. The number of carbonyl (C=O) groups is 1. The fourth-order valence-electron chi connectivity index (χ4n) is 2.22. The quantitative estimate of drug-likeness (QED) is 0.815. The second kappa shape index (κ2) is 4.65. The third-order valence-electron chi connectivity index (χ3n) is 3.02. The molecule has 0 spiro atoms. The highest BCUT2D eigenvalue weighted by atomic mass is 16.5. The van der Waals surface area contributed by atoms with Gasteiger partial charge in [-0.25, -0.2) is 0 Å². The van der Waals surface area contributed by atoms with Crippen molar-refractivity contribution in [3.63, 3.8) is 0 Å². The number of esters is 1. The van der Waals surface area contributed by atoms with Crippen LogP contribution >= 0.6 is 0 Å². The zero-order chi connectivity index (χ0) is 12.4. The first-order valence-electron chi connectivity index (χ1n) is 5.78. The molecule has 0 saturated heterocycles. The van der Waals surface area contributed by atoms with E-state index in [-0.39, 0.29) is 17.9 Å².